The number of carbonyl (C=O) groups excluding carboxylic acids is 2. The van der Waals surface area contributed by atoms with E-state index in [1.165, 1.54) is 12.2 Å². The number of nitrogens with zero attached hydrogens (tertiary/aromatic N) is 2. The molecule has 0 atom stereocenters. The van der Waals surface area contributed by atoms with Crippen molar-refractivity contribution in [3.63, 3.8) is 0 Å². The van der Waals surface area contributed by atoms with Gasteiger partial charge in [0.1, 0.15) is 26.2 Å². The van der Waals surface area contributed by atoms with Crippen LogP contribution in [-0.4, -0.2) is 113 Å². The molecule has 0 bridgehead atoms. The van der Waals surface area contributed by atoms with Gasteiger partial charge in [-0.3, -0.25) is 9.59 Å². The molecule has 0 aromatic rings. The summed E-state index contributed by atoms with van der Waals surface area (Å²) in [5, 5.41) is 6.31. The molecular formula is C20H34Br2N4O4. The van der Waals surface area contributed by atoms with Crippen molar-refractivity contribution < 1.29 is 62.0 Å². The van der Waals surface area contributed by atoms with Gasteiger partial charge in [0.25, 0.3) is 0 Å². The third kappa shape index (κ3) is 7.72. The average molecular weight is 554 g/mol. The Morgan fingerprint density at radius 2 is 1.07 bits per heavy atom. The molecule has 0 spiro atoms. The molecule has 2 N–H and O–H groups in total. The van der Waals surface area contributed by atoms with Crippen LogP contribution in [0.15, 0.2) is 23.5 Å². The maximum atomic E-state index is 12.4. The molecule has 3 aliphatic rings. The molecule has 30 heavy (non-hydrogen) atoms. The zero-order valence-corrected chi connectivity index (χ0v) is 21.1. The number of morpholine rings is 2. The number of nitrogens with one attached hydrogen (secondary N) is 2. The zero-order chi connectivity index (χ0) is 20.0. The van der Waals surface area contributed by atoms with Crippen LogP contribution in [0.3, 0.4) is 0 Å². The lowest BCUT2D eigenvalue weighted by atomic mass is 10.1. The second-order valence-corrected chi connectivity index (χ2v) is 8.50. The van der Waals surface area contributed by atoms with Crippen LogP contribution in [0.2, 0.25) is 0 Å². The van der Waals surface area contributed by atoms with E-state index < -0.39 is 0 Å². The normalized spacial score (nSPS) is 22.7. The number of hydrogen-bond donors (Lipinski definition) is 2. The highest BCUT2D eigenvalue weighted by Gasteiger charge is 2.27. The number of likely N-dealkylation sites (N-methyl/N-ethyl adjacent to an activating group) is 2. The largest absolute Gasteiger partial charge is 1.00 e. The van der Waals surface area contributed by atoms with E-state index in [1.54, 1.807) is 0 Å². The van der Waals surface area contributed by atoms with E-state index in [-0.39, 0.29) is 45.5 Å². The van der Waals surface area contributed by atoms with Crippen molar-refractivity contribution >= 4 is 11.6 Å². The first kappa shape index (κ1) is 27.3. The number of ketones is 2. The van der Waals surface area contributed by atoms with Crippen LogP contribution in [0.1, 0.15) is 0 Å². The minimum absolute atomic E-state index is 0. The highest BCUT2D eigenvalue weighted by atomic mass is 79.9. The molecule has 2 aliphatic heterocycles. The first-order valence-electron chi connectivity index (χ1n) is 10.2. The van der Waals surface area contributed by atoms with Crippen LogP contribution < -0.4 is 44.6 Å². The van der Waals surface area contributed by atoms with Gasteiger partial charge in [-0.15, -0.1) is 0 Å². The first-order valence-corrected chi connectivity index (χ1v) is 10.2. The summed E-state index contributed by atoms with van der Waals surface area (Å²) in [6.07, 6.45) is 2.85. The van der Waals surface area contributed by atoms with E-state index in [0.29, 0.717) is 24.5 Å². The fourth-order valence-electron chi connectivity index (χ4n) is 3.77. The lowest BCUT2D eigenvalue weighted by molar-refractivity contribution is -0.915. The molecule has 0 aromatic heterocycles. The fraction of sp³-hybridized carbons (Fsp3) is 0.700. The number of ether oxygens (including phenoxy) is 2. The monoisotopic (exact) mass is 552 g/mol. The van der Waals surface area contributed by atoms with E-state index >= 15 is 0 Å². The van der Waals surface area contributed by atoms with Crippen molar-refractivity contribution in [3.8, 4) is 0 Å². The molecule has 0 saturated carbocycles. The Balaban J connectivity index is 0.00000225. The van der Waals surface area contributed by atoms with Gasteiger partial charge in [0.15, 0.2) is 0 Å². The summed E-state index contributed by atoms with van der Waals surface area (Å²) in [5.41, 5.74) is 0.783. The number of rotatable bonds is 8. The highest BCUT2D eigenvalue weighted by molar-refractivity contribution is 6.19. The van der Waals surface area contributed by atoms with E-state index in [0.717, 1.165) is 74.7 Å². The summed E-state index contributed by atoms with van der Waals surface area (Å²) in [4.78, 5) is 24.8. The Bertz CT molecular complexity index is 601. The highest BCUT2D eigenvalue weighted by Crippen LogP contribution is 2.11. The van der Waals surface area contributed by atoms with E-state index in [1.807, 2.05) is 0 Å². The topological polar surface area (TPSA) is 76.7 Å². The Morgan fingerprint density at radius 3 is 1.40 bits per heavy atom. The van der Waals surface area contributed by atoms with Crippen LogP contribution >= 0.6 is 0 Å². The Labute approximate surface area is 200 Å². The van der Waals surface area contributed by atoms with E-state index in [9.17, 15) is 9.59 Å². The van der Waals surface area contributed by atoms with E-state index in [2.05, 4.69) is 24.7 Å². The average Bonchev–Trinajstić information content (AvgIpc) is 2.66. The molecule has 0 aromatic carbocycles. The maximum absolute atomic E-state index is 12.4. The third-order valence-corrected chi connectivity index (χ3v) is 6.12. The summed E-state index contributed by atoms with van der Waals surface area (Å²) in [6.45, 7) is 10.1. The SMILES string of the molecule is C[N+]1(CCNC2=CC(=O)C(NCC[N+]3(C)CCOCC3)=CC2=O)CCOCC1.[Br-].[Br-]. The Morgan fingerprint density at radius 1 is 0.733 bits per heavy atom. The Kier molecular flexibility index (Phi) is 11.2. The van der Waals surface area contributed by atoms with Crippen molar-refractivity contribution in [2.24, 2.45) is 0 Å². The van der Waals surface area contributed by atoms with Gasteiger partial charge in [-0.25, -0.2) is 0 Å². The van der Waals surface area contributed by atoms with Crippen molar-refractivity contribution in [2.75, 3.05) is 92.9 Å². The number of halogens is 2. The van der Waals surface area contributed by atoms with Gasteiger partial charge in [0.2, 0.25) is 11.6 Å². The number of hydrogen-bond acceptors (Lipinski definition) is 6. The second-order valence-electron chi connectivity index (χ2n) is 8.50. The quantitative estimate of drug-likeness (QED) is 0.230. The van der Waals surface area contributed by atoms with Crippen molar-refractivity contribution in [2.45, 2.75) is 0 Å². The first-order chi connectivity index (χ1) is 13.4. The molecular weight excluding hydrogens is 520 g/mol. The summed E-state index contributed by atoms with van der Waals surface area (Å²) in [6, 6.07) is 0. The van der Waals surface area contributed by atoms with Gasteiger partial charge in [0.05, 0.1) is 78.1 Å². The molecule has 2 saturated heterocycles. The molecule has 0 amide bonds. The van der Waals surface area contributed by atoms with Crippen molar-refractivity contribution in [1.82, 2.24) is 10.6 Å². The van der Waals surface area contributed by atoms with Crippen LogP contribution in [0.5, 0.6) is 0 Å². The lowest BCUT2D eigenvalue weighted by Crippen LogP contribution is -3.00. The summed E-state index contributed by atoms with van der Waals surface area (Å²) < 4.78 is 12.7. The van der Waals surface area contributed by atoms with Crippen LogP contribution in [-0.2, 0) is 19.1 Å². The molecule has 10 heteroatoms. The van der Waals surface area contributed by atoms with E-state index in [4.69, 9.17) is 9.47 Å². The molecule has 172 valence electrons. The van der Waals surface area contributed by atoms with Gasteiger partial charge < -0.3 is 63.0 Å². The summed E-state index contributed by atoms with van der Waals surface area (Å²) in [7, 11) is 4.40. The second kappa shape index (κ2) is 12.3. The number of carbonyl (C=O) groups is 2. The molecule has 2 fully saturated rings. The maximum Gasteiger partial charge on any atom is 0.203 e. The molecule has 2 heterocycles. The zero-order valence-electron chi connectivity index (χ0n) is 17.9. The third-order valence-electron chi connectivity index (χ3n) is 6.12. The van der Waals surface area contributed by atoms with Crippen LogP contribution in [0.4, 0.5) is 0 Å². The molecule has 0 radical (unpaired) electrons. The van der Waals surface area contributed by atoms with Crippen molar-refractivity contribution in [3.05, 3.63) is 23.5 Å². The summed E-state index contributed by atoms with van der Waals surface area (Å²) in [5.74, 6) is -0.281. The molecule has 1 aliphatic carbocycles. The fourth-order valence-corrected chi connectivity index (χ4v) is 3.77. The number of allylic oxidation sites excluding steroid dienone is 2. The lowest BCUT2D eigenvalue weighted by Gasteiger charge is -2.37. The minimum atomic E-state index is -0.140. The van der Waals surface area contributed by atoms with Gasteiger partial charge >= 0.3 is 0 Å². The van der Waals surface area contributed by atoms with Crippen molar-refractivity contribution in [1.29, 1.82) is 0 Å². The van der Waals surface area contributed by atoms with Crippen LogP contribution in [0.25, 0.3) is 0 Å². The van der Waals surface area contributed by atoms with Gasteiger partial charge in [-0.2, -0.15) is 0 Å². The van der Waals surface area contributed by atoms with Crippen LogP contribution in [0, 0.1) is 0 Å². The molecule has 3 rings (SSSR count). The molecule has 8 nitrogen and oxygen atoms in total. The molecule has 0 unspecified atom stereocenters. The van der Waals surface area contributed by atoms with Gasteiger partial charge in [0, 0.05) is 12.2 Å². The van der Waals surface area contributed by atoms with Gasteiger partial charge in [-0.05, 0) is 0 Å². The predicted octanol–water partition coefficient (Wildman–Crippen LogP) is -6.95. The summed E-state index contributed by atoms with van der Waals surface area (Å²) >= 11 is 0. The Hall–Kier alpha value is -0.780. The number of quaternary nitrogens is 2. The smallest absolute Gasteiger partial charge is 0.203 e. The predicted molar refractivity (Wildman–Crippen MR) is 105 cm³/mol. The van der Waals surface area contributed by atoms with Gasteiger partial charge in [-0.1, -0.05) is 0 Å². The standard InChI is InChI=1S/C20H32N4O4.2BrH/c1-23(7-11-27-12-8-23)5-3-21-17-15-20(26)18(16-19(17)25)22-4-6-24(2)9-13-28-14-10-24;;/h15-16H,3-14H2,1-2H3;2*1H. The minimum Gasteiger partial charge on any atom is -1.00 e.